The zero-order chi connectivity index (χ0) is 14.4. The highest BCUT2D eigenvalue weighted by Crippen LogP contribution is 2.38. The first-order valence-corrected chi connectivity index (χ1v) is 7.12. The fraction of sp³-hybridized carbons (Fsp3) is 0.105. The second-order valence-electron chi connectivity index (χ2n) is 5.57. The van der Waals surface area contributed by atoms with E-state index in [9.17, 15) is 4.79 Å². The standard InChI is InChI=1S/C19H15NO/c1-13-5-4-7-15(9-13)19-16(12-21)11-20-17-8-3-2-6-14(17)10-18(19)20/h2-9,11-12H,10H2,1H3. The molecule has 1 aromatic heterocycles. The van der Waals surface area contributed by atoms with Gasteiger partial charge in [-0.3, -0.25) is 4.79 Å². The summed E-state index contributed by atoms with van der Waals surface area (Å²) in [6, 6.07) is 16.7. The van der Waals surface area contributed by atoms with E-state index in [1.807, 2.05) is 18.3 Å². The Morgan fingerprint density at radius 3 is 2.76 bits per heavy atom. The second kappa shape index (κ2) is 4.45. The highest BCUT2D eigenvalue weighted by molar-refractivity contribution is 5.90. The van der Waals surface area contributed by atoms with Gasteiger partial charge in [-0.2, -0.15) is 0 Å². The summed E-state index contributed by atoms with van der Waals surface area (Å²) in [5.41, 5.74) is 7.89. The summed E-state index contributed by atoms with van der Waals surface area (Å²) in [6.07, 6.45) is 3.81. The van der Waals surface area contributed by atoms with Gasteiger partial charge in [0.2, 0.25) is 0 Å². The van der Waals surface area contributed by atoms with Crippen molar-refractivity contribution < 1.29 is 4.79 Å². The monoisotopic (exact) mass is 273 g/mol. The Kier molecular flexibility index (Phi) is 2.58. The minimum Gasteiger partial charge on any atom is -0.319 e. The molecule has 2 nitrogen and oxygen atoms in total. The van der Waals surface area contributed by atoms with Crippen molar-refractivity contribution in [3.8, 4) is 16.8 Å². The highest BCUT2D eigenvalue weighted by atomic mass is 16.1. The van der Waals surface area contributed by atoms with Crippen LogP contribution in [0, 0.1) is 6.92 Å². The molecule has 21 heavy (non-hydrogen) atoms. The van der Waals surface area contributed by atoms with Crippen molar-refractivity contribution in [2.75, 3.05) is 0 Å². The molecule has 102 valence electrons. The smallest absolute Gasteiger partial charge is 0.152 e. The van der Waals surface area contributed by atoms with Crippen LogP contribution in [0.15, 0.2) is 54.7 Å². The largest absolute Gasteiger partial charge is 0.319 e. The van der Waals surface area contributed by atoms with Crippen molar-refractivity contribution in [1.82, 2.24) is 4.57 Å². The van der Waals surface area contributed by atoms with Crippen molar-refractivity contribution in [2.45, 2.75) is 13.3 Å². The van der Waals surface area contributed by atoms with E-state index in [0.29, 0.717) is 0 Å². The van der Waals surface area contributed by atoms with Gasteiger partial charge in [0.1, 0.15) is 0 Å². The predicted molar refractivity (Wildman–Crippen MR) is 84.1 cm³/mol. The summed E-state index contributed by atoms with van der Waals surface area (Å²) in [4.78, 5) is 11.5. The van der Waals surface area contributed by atoms with E-state index in [4.69, 9.17) is 0 Å². The summed E-state index contributed by atoms with van der Waals surface area (Å²) in [7, 11) is 0. The van der Waals surface area contributed by atoms with Gasteiger partial charge >= 0.3 is 0 Å². The molecule has 0 amide bonds. The Morgan fingerprint density at radius 1 is 1.10 bits per heavy atom. The predicted octanol–water partition coefficient (Wildman–Crippen LogP) is 4.17. The Bertz CT molecular complexity index is 858. The Morgan fingerprint density at radius 2 is 1.95 bits per heavy atom. The van der Waals surface area contributed by atoms with Crippen molar-refractivity contribution >= 4 is 6.29 Å². The molecule has 2 aromatic carbocycles. The van der Waals surface area contributed by atoms with Crippen LogP contribution in [-0.2, 0) is 6.42 Å². The fourth-order valence-corrected chi connectivity index (χ4v) is 3.26. The lowest BCUT2D eigenvalue weighted by Crippen LogP contribution is -1.90. The van der Waals surface area contributed by atoms with Crippen LogP contribution in [0.5, 0.6) is 0 Å². The third-order valence-electron chi connectivity index (χ3n) is 4.18. The maximum atomic E-state index is 11.5. The van der Waals surface area contributed by atoms with Gasteiger partial charge in [0.05, 0.1) is 0 Å². The van der Waals surface area contributed by atoms with Gasteiger partial charge in [-0.1, -0.05) is 48.0 Å². The SMILES string of the molecule is Cc1cccc(-c2c(C=O)cn3c2Cc2ccccc2-3)c1. The van der Waals surface area contributed by atoms with Crippen LogP contribution >= 0.6 is 0 Å². The average molecular weight is 273 g/mol. The number of aryl methyl sites for hydroxylation is 1. The topological polar surface area (TPSA) is 22.0 Å². The number of hydrogen-bond donors (Lipinski definition) is 0. The molecule has 2 heterocycles. The quantitative estimate of drug-likeness (QED) is 0.502. The number of hydrogen-bond acceptors (Lipinski definition) is 1. The van der Waals surface area contributed by atoms with Gasteiger partial charge in [-0.05, 0) is 24.1 Å². The lowest BCUT2D eigenvalue weighted by Gasteiger charge is -2.05. The van der Waals surface area contributed by atoms with Gasteiger partial charge in [0.25, 0.3) is 0 Å². The molecule has 1 aliphatic rings. The molecule has 0 unspecified atom stereocenters. The first-order chi connectivity index (χ1) is 10.3. The third kappa shape index (κ3) is 1.76. The number of rotatable bonds is 2. The molecular formula is C19H15NO. The van der Waals surface area contributed by atoms with E-state index in [2.05, 4.69) is 47.9 Å². The number of carbonyl (C=O) groups excluding carboxylic acids is 1. The molecule has 0 fully saturated rings. The molecule has 0 aliphatic carbocycles. The number of benzene rings is 2. The van der Waals surface area contributed by atoms with Crippen LogP contribution in [0.2, 0.25) is 0 Å². The summed E-state index contributed by atoms with van der Waals surface area (Å²) >= 11 is 0. The van der Waals surface area contributed by atoms with E-state index in [1.165, 1.54) is 22.5 Å². The van der Waals surface area contributed by atoms with Crippen LogP contribution in [0.1, 0.15) is 27.2 Å². The van der Waals surface area contributed by atoms with Crippen molar-refractivity contribution in [3.63, 3.8) is 0 Å². The summed E-state index contributed by atoms with van der Waals surface area (Å²) in [5, 5.41) is 0. The van der Waals surface area contributed by atoms with Gasteiger partial charge in [0, 0.05) is 35.1 Å². The van der Waals surface area contributed by atoms with Gasteiger partial charge in [-0.15, -0.1) is 0 Å². The minimum absolute atomic E-state index is 0.769. The van der Waals surface area contributed by atoms with Gasteiger partial charge < -0.3 is 4.57 Å². The molecule has 0 bridgehead atoms. The van der Waals surface area contributed by atoms with E-state index < -0.39 is 0 Å². The van der Waals surface area contributed by atoms with Crippen molar-refractivity contribution in [1.29, 1.82) is 0 Å². The molecule has 3 aromatic rings. The lowest BCUT2D eigenvalue weighted by atomic mass is 9.98. The van der Waals surface area contributed by atoms with E-state index in [0.717, 1.165) is 29.4 Å². The summed E-state index contributed by atoms with van der Waals surface area (Å²) in [6.45, 7) is 2.08. The zero-order valence-electron chi connectivity index (χ0n) is 11.8. The molecule has 0 saturated carbocycles. The number of aromatic nitrogens is 1. The van der Waals surface area contributed by atoms with E-state index in [1.54, 1.807) is 0 Å². The normalized spacial score (nSPS) is 12.0. The molecule has 0 spiro atoms. The van der Waals surface area contributed by atoms with Crippen LogP contribution in [0.4, 0.5) is 0 Å². The zero-order valence-corrected chi connectivity index (χ0v) is 11.8. The maximum absolute atomic E-state index is 11.5. The Hall–Kier alpha value is -2.61. The van der Waals surface area contributed by atoms with Crippen LogP contribution < -0.4 is 0 Å². The molecule has 4 rings (SSSR count). The summed E-state index contributed by atoms with van der Waals surface area (Å²) < 4.78 is 2.16. The fourth-order valence-electron chi connectivity index (χ4n) is 3.26. The minimum atomic E-state index is 0.769. The van der Waals surface area contributed by atoms with Gasteiger partial charge in [0.15, 0.2) is 6.29 Å². The molecule has 2 heteroatoms. The van der Waals surface area contributed by atoms with Crippen LogP contribution in [0.25, 0.3) is 16.8 Å². The molecule has 0 atom stereocenters. The van der Waals surface area contributed by atoms with Crippen LogP contribution in [0.3, 0.4) is 0 Å². The Balaban J connectivity index is 1.98. The first-order valence-electron chi connectivity index (χ1n) is 7.12. The van der Waals surface area contributed by atoms with Crippen molar-refractivity contribution in [3.05, 3.63) is 77.1 Å². The maximum Gasteiger partial charge on any atom is 0.152 e. The number of para-hydroxylation sites is 1. The Labute approximate surface area is 123 Å². The van der Waals surface area contributed by atoms with Gasteiger partial charge in [-0.25, -0.2) is 0 Å². The molecule has 0 radical (unpaired) electrons. The van der Waals surface area contributed by atoms with Crippen LogP contribution in [-0.4, -0.2) is 10.9 Å². The average Bonchev–Trinajstić information content (AvgIpc) is 3.02. The number of aldehydes is 1. The number of nitrogens with zero attached hydrogens (tertiary/aromatic N) is 1. The van der Waals surface area contributed by atoms with E-state index in [-0.39, 0.29) is 0 Å². The first kappa shape index (κ1) is 12.2. The third-order valence-corrected chi connectivity index (χ3v) is 4.18. The van der Waals surface area contributed by atoms with E-state index >= 15 is 0 Å². The summed E-state index contributed by atoms with van der Waals surface area (Å²) in [5.74, 6) is 0. The highest BCUT2D eigenvalue weighted by Gasteiger charge is 2.24. The molecule has 1 aliphatic heterocycles. The second-order valence-corrected chi connectivity index (χ2v) is 5.57. The number of fused-ring (bicyclic) bond motifs is 3. The number of carbonyl (C=O) groups is 1. The molecule has 0 saturated heterocycles. The molecular weight excluding hydrogens is 258 g/mol. The lowest BCUT2D eigenvalue weighted by molar-refractivity contribution is 0.112. The molecule has 0 N–H and O–H groups in total. The van der Waals surface area contributed by atoms with Crippen molar-refractivity contribution in [2.24, 2.45) is 0 Å².